The molecule has 1 N–H and O–H groups in total. The van der Waals surface area contributed by atoms with E-state index in [1.807, 2.05) is 6.92 Å². The number of amides is 1. The van der Waals surface area contributed by atoms with Crippen molar-refractivity contribution in [1.82, 2.24) is 19.9 Å². The number of aryl methyl sites for hydroxylation is 1. The van der Waals surface area contributed by atoms with E-state index in [-0.39, 0.29) is 14.9 Å². The molecule has 0 atom stereocenters. The summed E-state index contributed by atoms with van der Waals surface area (Å²) in [6.45, 7) is 1.81. The van der Waals surface area contributed by atoms with Gasteiger partial charge in [0.1, 0.15) is 25.9 Å². The van der Waals surface area contributed by atoms with Crippen molar-refractivity contribution in [2.45, 2.75) is 6.92 Å². The van der Waals surface area contributed by atoms with E-state index in [1.54, 1.807) is 12.1 Å². The Bertz CT molecular complexity index is 1260. The molecule has 0 unspecified atom stereocenters. The zero-order chi connectivity index (χ0) is 21.4. The van der Waals surface area contributed by atoms with E-state index < -0.39 is 11.7 Å². The molecule has 30 heavy (non-hydrogen) atoms. The highest BCUT2D eigenvalue weighted by Gasteiger charge is 2.19. The minimum atomic E-state index is -0.530. The van der Waals surface area contributed by atoms with Crippen LogP contribution in [0.25, 0.3) is 21.5 Å². The van der Waals surface area contributed by atoms with E-state index in [2.05, 4.69) is 41.2 Å². The second kappa shape index (κ2) is 8.21. The van der Waals surface area contributed by atoms with Gasteiger partial charge in [0.15, 0.2) is 10.9 Å². The summed E-state index contributed by atoms with van der Waals surface area (Å²) in [5.41, 5.74) is 2.53. The van der Waals surface area contributed by atoms with Crippen LogP contribution in [-0.4, -0.2) is 33.0 Å². The SMILES string of the molecule is COc1cnc(Cl)cc1-c1cc(C)ncc1C(=O)Nc1nc2cc(F)c(Br)nc2s1. The smallest absolute Gasteiger partial charge is 0.259 e. The van der Waals surface area contributed by atoms with Gasteiger partial charge < -0.3 is 4.74 Å². The first-order valence-corrected chi connectivity index (χ1v) is 10.4. The third-order valence-corrected chi connectivity index (χ3v) is 5.79. The van der Waals surface area contributed by atoms with E-state index in [0.717, 1.165) is 11.3 Å². The molecule has 4 heterocycles. The summed E-state index contributed by atoms with van der Waals surface area (Å²) < 4.78 is 19.2. The summed E-state index contributed by atoms with van der Waals surface area (Å²) in [6, 6.07) is 4.63. The van der Waals surface area contributed by atoms with Crippen LogP contribution in [0.3, 0.4) is 0 Å². The van der Waals surface area contributed by atoms with Crippen LogP contribution in [-0.2, 0) is 0 Å². The number of aromatic nitrogens is 4. The maximum absolute atomic E-state index is 13.7. The minimum absolute atomic E-state index is 0.0863. The van der Waals surface area contributed by atoms with Gasteiger partial charge in [-0.3, -0.25) is 15.1 Å². The average molecular weight is 509 g/mol. The number of ether oxygens (including phenoxy) is 1. The number of carbonyl (C=O) groups is 1. The number of anilines is 1. The third kappa shape index (κ3) is 3.98. The number of methoxy groups -OCH3 is 1. The van der Waals surface area contributed by atoms with Crippen LogP contribution < -0.4 is 10.1 Å². The van der Waals surface area contributed by atoms with E-state index in [9.17, 15) is 9.18 Å². The first kappa shape index (κ1) is 20.6. The van der Waals surface area contributed by atoms with Gasteiger partial charge in [-0.1, -0.05) is 22.9 Å². The number of thiazole rings is 1. The largest absolute Gasteiger partial charge is 0.494 e. The van der Waals surface area contributed by atoms with Crippen LogP contribution in [0.15, 0.2) is 35.2 Å². The summed E-state index contributed by atoms with van der Waals surface area (Å²) in [5.74, 6) is -0.507. The van der Waals surface area contributed by atoms with Crippen molar-refractivity contribution in [2.75, 3.05) is 12.4 Å². The van der Waals surface area contributed by atoms with Crippen LogP contribution in [0, 0.1) is 12.7 Å². The minimum Gasteiger partial charge on any atom is -0.494 e. The second-order valence-corrected chi connectivity index (χ2v) is 8.25. The fourth-order valence-electron chi connectivity index (χ4n) is 2.79. The lowest BCUT2D eigenvalue weighted by Gasteiger charge is -2.13. The van der Waals surface area contributed by atoms with Crippen molar-refractivity contribution in [3.8, 4) is 16.9 Å². The Hall–Kier alpha value is -2.69. The van der Waals surface area contributed by atoms with Crippen molar-refractivity contribution in [2.24, 2.45) is 0 Å². The van der Waals surface area contributed by atoms with E-state index >= 15 is 0 Å². The van der Waals surface area contributed by atoms with Gasteiger partial charge in [-0.05, 0) is 35.0 Å². The molecule has 0 aliphatic carbocycles. The molecule has 0 radical (unpaired) electrons. The highest BCUT2D eigenvalue weighted by Crippen LogP contribution is 2.34. The normalized spacial score (nSPS) is 11.0. The van der Waals surface area contributed by atoms with Crippen molar-refractivity contribution < 1.29 is 13.9 Å². The zero-order valence-electron chi connectivity index (χ0n) is 15.5. The van der Waals surface area contributed by atoms with Crippen molar-refractivity contribution in [1.29, 1.82) is 0 Å². The van der Waals surface area contributed by atoms with Gasteiger partial charge in [0.05, 0.1) is 18.9 Å². The molecular weight excluding hydrogens is 497 g/mol. The Kier molecular flexibility index (Phi) is 5.63. The molecular formula is C19H12BrClFN5O2S. The summed E-state index contributed by atoms with van der Waals surface area (Å²) >= 11 is 10.2. The lowest BCUT2D eigenvalue weighted by Crippen LogP contribution is -2.14. The number of nitrogens with zero attached hydrogens (tertiary/aromatic N) is 4. The van der Waals surface area contributed by atoms with Crippen LogP contribution in [0.1, 0.15) is 16.1 Å². The molecule has 0 aliphatic rings. The summed E-state index contributed by atoms with van der Waals surface area (Å²) in [4.78, 5) is 30.1. The number of hydrogen-bond donors (Lipinski definition) is 1. The topological polar surface area (TPSA) is 89.9 Å². The summed E-state index contributed by atoms with van der Waals surface area (Å²) in [6.07, 6.45) is 2.95. The molecule has 0 saturated heterocycles. The molecule has 0 saturated carbocycles. The van der Waals surface area contributed by atoms with Crippen LogP contribution in [0.2, 0.25) is 5.15 Å². The molecule has 152 valence electrons. The van der Waals surface area contributed by atoms with Gasteiger partial charge >= 0.3 is 0 Å². The van der Waals surface area contributed by atoms with Gasteiger partial charge in [0.2, 0.25) is 0 Å². The van der Waals surface area contributed by atoms with Gasteiger partial charge in [-0.15, -0.1) is 0 Å². The maximum atomic E-state index is 13.7. The summed E-state index contributed by atoms with van der Waals surface area (Å²) in [7, 11) is 1.51. The van der Waals surface area contributed by atoms with Gasteiger partial charge in [0.25, 0.3) is 5.91 Å². The number of carbonyl (C=O) groups excluding carboxylic acids is 1. The average Bonchev–Trinajstić information content (AvgIpc) is 3.08. The maximum Gasteiger partial charge on any atom is 0.259 e. The monoisotopic (exact) mass is 507 g/mol. The van der Waals surface area contributed by atoms with Crippen LogP contribution in [0.4, 0.5) is 9.52 Å². The zero-order valence-corrected chi connectivity index (χ0v) is 18.7. The molecule has 7 nitrogen and oxygen atoms in total. The first-order valence-electron chi connectivity index (χ1n) is 8.46. The standard InChI is InChI=1S/C19H12BrClFN5O2S/c1-8-3-9(10-4-15(21)24-7-14(10)29-2)11(6-23-8)17(28)27-19-25-13-5-12(22)16(20)26-18(13)30-19/h3-7H,1-2H3,(H,25,27,28). The molecule has 4 rings (SSSR count). The Morgan fingerprint density at radius 3 is 2.77 bits per heavy atom. The van der Waals surface area contributed by atoms with E-state index in [0.29, 0.717) is 38.5 Å². The van der Waals surface area contributed by atoms with Crippen LogP contribution >= 0.6 is 38.9 Å². The Labute approximate surface area is 187 Å². The van der Waals surface area contributed by atoms with Gasteiger partial charge in [-0.2, -0.15) is 0 Å². The Morgan fingerprint density at radius 2 is 2.00 bits per heavy atom. The Balaban J connectivity index is 1.74. The molecule has 0 aromatic carbocycles. The lowest BCUT2D eigenvalue weighted by molar-refractivity contribution is 0.102. The fraction of sp³-hybridized carbons (Fsp3) is 0.105. The molecule has 4 aromatic rings. The second-order valence-electron chi connectivity index (χ2n) is 6.14. The molecule has 0 aliphatic heterocycles. The van der Waals surface area contributed by atoms with Crippen molar-refractivity contribution in [3.05, 3.63) is 57.4 Å². The first-order chi connectivity index (χ1) is 14.4. The van der Waals surface area contributed by atoms with E-state index in [4.69, 9.17) is 16.3 Å². The molecule has 11 heteroatoms. The molecule has 4 aromatic heterocycles. The van der Waals surface area contributed by atoms with E-state index in [1.165, 1.54) is 25.6 Å². The predicted molar refractivity (Wildman–Crippen MR) is 117 cm³/mol. The van der Waals surface area contributed by atoms with Crippen molar-refractivity contribution >= 4 is 60.3 Å². The number of halogens is 3. The van der Waals surface area contributed by atoms with Crippen LogP contribution in [0.5, 0.6) is 5.75 Å². The molecule has 0 bridgehead atoms. The number of hydrogen-bond acceptors (Lipinski definition) is 7. The van der Waals surface area contributed by atoms with Crippen molar-refractivity contribution in [3.63, 3.8) is 0 Å². The highest BCUT2D eigenvalue weighted by atomic mass is 79.9. The van der Waals surface area contributed by atoms with Gasteiger partial charge in [0, 0.05) is 29.1 Å². The van der Waals surface area contributed by atoms with Gasteiger partial charge in [-0.25, -0.2) is 19.3 Å². The highest BCUT2D eigenvalue weighted by molar-refractivity contribution is 9.10. The fourth-order valence-corrected chi connectivity index (χ4v) is 4.18. The Morgan fingerprint density at radius 1 is 1.20 bits per heavy atom. The number of fused-ring (bicyclic) bond motifs is 1. The molecule has 0 spiro atoms. The number of nitrogens with one attached hydrogen (secondary N) is 1. The molecule has 1 amide bonds. The number of rotatable bonds is 4. The third-order valence-electron chi connectivity index (χ3n) is 4.14. The lowest BCUT2D eigenvalue weighted by atomic mass is 10.0. The molecule has 0 fully saturated rings. The quantitative estimate of drug-likeness (QED) is 0.378. The number of pyridine rings is 3. The summed E-state index contributed by atoms with van der Waals surface area (Å²) in [5, 5.41) is 3.27. The predicted octanol–water partition coefficient (Wildman–Crippen LogP) is 5.27.